The summed E-state index contributed by atoms with van der Waals surface area (Å²) >= 11 is 0. The van der Waals surface area contributed by atoms with Crippen LogP contribution < -0.4 is 0 Å². The fourth-order valence-corrected chi connectivity index (χ4v) is 4.32. The minimum Gasteiger partial charge on any atom is -0.504 e. The highest BCUT2D eigenvalue weighted by atomic mass is 16.3. The predicted molar refractivity (Wildman–Crippen MR) is 120 cm³/mol. The summed E-state index contributed by atoms with van der Waals surface area (Å²) in [6.45, 7) is 12.2. The first kappa shape index (κ1) is 21.6. The summed E-state index contributed by atoms with van der Waals surface area (Å²) in [6, 6.07) is 14.7. The maximum Gasteiger partial charge on any atom is 0.157 e. The Morgan fingerprint density at radius 1 is 0.533 bits per heavy atom. The van der Waals surface area contributed by atoms with Gasteiger partial charge in [0.25, 0.3) is 0 Å². The number of hydrogen-bond acceptors (Lipinski definition) is 4. The summed E-state index contributed by atoms with van der Waals surface area (Å²) in [7, 11) is 0. The second kappa shape index (κ2) is 7.28. The number of hydrogen-bond donors (Lipinski definition) is 4. The molecule has 4 N–H and O–H groups in total. The van der Waals surface area contributed by atoms with Crippen LogP contribution in [0.3, 0.4) is 0 Å². The molecule has 0 aliphatic rings. The lowest BCUT2D eigenvalue weighted by atomic mass is 9.72. The minimum atomic E-state index is -0.409. The summed E-state index contributed by atoms with van der Waals surface area (Å²) < 4.78 is 0. The molecule has 0 unspecified atom stereocenters. The average Bonchev–Trinajstić information content (AvgIpc) is 2.67. The maximum absolute atomic E-state index is 10.1. The molecule has 0 aliphatic heterocycles. The molecule has 158 valence electrons. The highest BCUT2D eigenvalue weighted by Gasteiger charge is 2.30. The van der Waals surface area contributed by atoms with Gasteiger partial charge in [-0.1, -0.05) is 52.0 Å². The van der Waals surface area contributed by atoms with Crippen molar-refractivity contribution in [1.29, 1.82) is 0 Å². The van der Waals surface area contributed by atoms with Gasteiger partial charge in [0, 0.05) is 10.8 Å². The van der Waals surface area contributed by atoms with Crippen molar-refractivity contribution in [3.05, 3.63) is 81.9 Å². The molecule has 0 saturated heterocycles. The van der Waals surface area contributed by atoms with Crippen molar-refractivity contribution in [2.75, 3.05) is 0 Å². The Hall–Kier alpha value is -3.14. The van der Waals surface area contributed by atoms with Crippen LogP contribution in [0.25, 0.3) is 0 Å². The summed E-state index contributed by atoms with van der Waals surface area (Å²) in [4.78, 5) is 0. The van der Waals surface area contributed by atoms with Crippen LogP contribution in [0.4, 0.5) is 0 Å². The highest BCUT2D eigenvalue weighted by molar-refractivity contribution is 5.54. The van der Waals surface area contributed by atoms with Gasteiger partial charge in [0.1, 0.15) is 0 Å². The molecule has 30 heavy (non-hydrogen) atoms. The van der Waals surface area contributed by atoms with Gasteiger partial charge in [-0.2, -0.15) is 0 Å². The molecular formula is C26H30O4. The highest BCUT2D eigenvalue weighted by Crippen LogP contribution is 2.42. The van der Waals surface area contributed by atoms with E-state index in [1.165, 1.54) is 0 Å². The lowest BCUT2D eigenvalue weighted by molar-refractivity contribution is 0.401. The first-order valence-electron chi connectivity index (χ1n) is 10.0. The summed E-state index contributed by atoms with van der Waals surface area (Å²) in [5, 5.41) is 39.7. The third-order valence-corrected chi connectivity index (χ3v) is 6.30. The normalized spacial score (nSPS) is 12.2. The van der Waals surface area contributed by atoms with E-state index in [9.17, 15) is 20.4 Å². The third-order valence-electron chi connectivity index (χ3n) is 6.30. The Labute approximate surface area is 178 Å². The second-order valence-corrected chi connectivity index (χ2v) is 9.14. The fraction of sp³-hybridized carbons (Fsp3) is 0.308. The van der Waals surface area contributed by atoms with Gasteiger partial charge < -0.3 is 20.4 Å². The monoisotopic (exact) mass is 406 g/mol. The molecule has 0 saturated carbocycles. The van der Waals surface area contributed by atoms with Crippen LogP contribution in [-0.4, -0.2) is 20.4 Å². The SMILES string of the molecule is Cc1cc(O)c(O)cc1C(C)(C)c1cccc(C(C)(C)c2cc(O)c(O)cc2C)c1. The zero-order chi connectivity index (χ0) is 22.4. The van der Waals surface area contributed by atoms with Crippen LogP contribution in [0.15, 0.2) is 48.5 Å². The van der Waals surface area contributed by atoms with E-state index >= 15 is 0 Å². The van der Waals surface area contributed by atoms with Gasteiger partial charge in [-0.05, 0) is 71.5 Å². The van der Waals surface area contributed by atoms with Gasteiger partial charge in [0.15, 0.2) is 23.0 Å². The molecule has 0 spiro atoms. The van der Waals surface area contributed by atoms with Crippen LogP contribution in [0.1, 0.15) is 61.1 Å². The van der Waals surface area contributed by atoms with Crippen molar-refractivity contribution in [2.24, 2.45) is 0 Å². The second-order valence-electron chi connectivity index (χ2n) is 9.14. The van der Waals surface area contributed by atoms with Crippen molar-refractivity contribution in [3.8, 4) is 23.0 Å². The first-order valence-corrected chi connectivity index (χ1v) is 10.0. The van der Waals surface area contributed by atoms with Gasteiger partial charge in [0.05, 0.1) is 0 Å². The quantitative estimate of drug-likeness (QED) is 0.414. The van der Waals surface area contributed by atoms with E-state index < -0.39 is 10.8 Å². The Balaban J connectivity index is 2.12. The maximum atomic E-state index is 10.1. The number of rotatable bonds is 4. The third kappa shape index (κ3) is 3.58. The van der Waals surface area contributed by atoms with Gasteiger partial charge in [0.2, 0.25) is 0 Å². The summed E-state index contributed by atoms with van der Waals surface area (Å²) in [5.41, 5.74) is 5.00. The first-order chi connectivity index (χ1) is 13.9. The van der Waals surface area contributed by atoms with Crippen LogP contribution in [0.2, 0.25) is 0 Å². The molecule has 3 aromatic rings. The van der Waals surface area contributed by atoms with Crippen LogP contribution in [-0.2, 0) is 10.8 Å². The lowest BCUT2D eigenvalue weighted by Crippen LogP contribution is -2.24. The lowest BCUT2D eigenvalue weighted by Gasteiger charge is -2.32. The van der Waals surface area contributed by atoms with E-state index in [1.54, 1.807) is 24.3 Å². The topological polar surface area (TPSA) is 80.9 Å². The summed E-state index contributed by atoms with van der Waals surface area (Å²) in [5.74, 6) is -0.500. The fourth-order valence-electron chi connectivity index (χ4n) is 4.32. The Morgan fingerprint density at radius 2 is 0.867 bits per heavy atom. The molecule has 0 heterocycles. The number of benzene rings is 3. The molecule has 4 nitrogen and oxygen atoms in total. The molecule has 0 radical (unpaired) electrons. The van der Waals surface area contributed by atoms with E-state index in [4.69, 9.17) is 0 Å². The Kier molecular flexibility index (Phi) is 5.23. The van der Waals surface area contributed by atoms with Crippen molar-refractivity contribution in [1.82, 2.24) is 0 Å². The van der Waals surface area contributed by atoms with Crippen molar-refractivity contribution in [2.45, 2.75) is 52.4 Å². The molecule has 0 aliphatic carbocycles. The number of phenolic OH excluding ortho intramolecular Hbond substituents is 4. The van der Waals surface area contributed by atoms with Gasteiger partial charge in [-0.25, -0.2) is 0 Å². The Bertz CT molecular complexity index is 1030. The van der Waals surface area contributed by atoms with Crippen LogP contribution in [0.5, 0.6) is 23.0 Å². The molecule has 3 aromatic carbocycles. The van der Waals surface area contributed by atoms with Crippen molar-refractivity contribution < 1.29 is 20.4 Å². The standard InChI is InChI=1S/C26H30O4/c1-15-10-21(27)23(29)13-19(15)25(3,4)17-8-7-9-18(12-17)26(5,6)20-14-24(30)22(28)11-16(20)2/h7-14,27-30H,1-6H3. The molecule has 0 fully saturated rings. The zero-order valence-corrected chi connectivity index (χ0v) is 18.4. The van der Waals surface area contributed by atoms with Crippen LogP contribution in [0, 0.1) is 13.8 Å². The van der Waals surface area contributed by atoms with Crippen molar-refractivity contribution >= 4 is 0 Å². The van der Waals surface area contributed by atoms with Gasteiger partial charge in [-0.3, -0.25) is 0 Å². The van der Waals surface area contributed by atoms with E-state index in [0.717, 1.165) is 33.4 Å². The largest absolute Gasteiger partial charge is 0.504 e. The van der Waals surface area contributed by atoms with Crippen molar-refractivity contribution in [3.63, 3.8) is 0 Å². The number of aromatic hydroxyl groups is 4. The van der Waals surface area contributed by atoms with Gasteiger partial charge >= 0.3 is 0 Å². The molecule has 3 rings (SSSR count). The zero-order valence-electron chi connectivity index (χ0n) is 18.4. The molecule has 0 bridgehead atoms. The predicted octanol–water partition coefficient (Wildman–Crippen LogP) is 5.78. The molecular weight excluding hydrogens is 376 g/mol. The molecule has 0 aromatic heterocycles. The van der Waals surface area contributed by atoms with E-state index in [2.05, 4.69) is 45.9 Å². The smallest absolute Gasteiger partial charge is 0.157 e. The number of aryl methyl sites for hydroxylation is 2. The van der Waals surface area contributed by atoms with E-state index in [0.29, 0.717) is 0 Å². The van der Waals surface area contributed by atoms with Gasteiger partial charge in [-0.15, -0.1) is 0 Å². The average molecular weight is 407 g/mol. The Morgan fingerprint density at radius 3 is 1.23 bits per heavy atom. The number of phenols is 4. The van der Waals surface area contributed by atoms with Crippen LogP contribution >= 0.6 is 0 Å². The molecule has 0 atom stereocenters. The van der Waals surface area contributed by atoms with E-state index in [1.807, 2.05) is 19.9 Å². The summed E-state index contributed by atoms with van der Waals surface area (Å²) in [6.07, 6.45) is 0. The molecule has 4 heteroatoms. The van der Waals surface area contributed by atoms with E-state index in [-0.39, 0.29) is 23.0 Å². The molecule has 0 amide bonds. The minimum absolute atomic E-state index is 0.121.